The molecule has 0 saturated carbocycles. The second kappa shape index (κ2) is 7.17. The number of halogens is 1. The number of allylic oxidation sites excluding steroid dienone is 1. The molecule has 0 unspecified atom stereocenters. The van der Waals surface area contributed by atoms with E-state index in [-0.39, 0.29) is 5.79 Å². The Morgan fingerprint density at radius 1 is 1.21 bits per heavy atom. The van der Waals surface area contributed by atoms with Crippen molar-refractivity contribution >= 4 is 22.8 Å². The fraction of sp³-hybridized carbons (Fsp3) is 0.348. The SMILES string of the molecule is COc1cc(C)c(-c2cn3ccc(C4=CCC5(CC4)OCCO5)cc3n2)cc1Cl. The summed E-state index contributed by atoms with van der Waals surface area (Å²) in [6.07, 6.45) is 8.99. The Labute approximate surface area is 174 Å². The lowest BCUT2D eigenvalue weighted by Crippen LogP contribution is -2.31. The Morgan fingerprint density at radius 2 is 2.03 bits per heavy atom. The van der Waals surface area contributed by atoms with E-state index in [4.69, 9.17) is 30.8 Å². The van der Waals surface area contributed by atoms with Gasteiger partial charge in [0.1, 0.15) is 11.4 Å². The largest absolute Gasteiger partial charge is 0.495 e. The highest BCUT2D eigenvalue weighted by Crippen LogP contribution is 2.38. The van der Waals surface area contributed by atoms with Gasteiger partial charge in [-0.15, -0.1) is 0 Å². The van der Waals surface area contributed by atoms with Crippen LogP contribution in [0.15, 0.2) is 42.7 Å². The van der Waals surface area contributed by atoms with E-state index in [1.54, 1.807) is 7.11 Å². The van der Waals surface area contributed by atoms with Gasteiger partial charge in [-0.05, 0) is 54.3 Å². The van der Waals surface area contributed by atoms with Gasteiger partial charge in [0.15, 0.2) is 5.79 Å². The van der Waals surface area contributed by atoms with Crippen LogP contribution >= 0.6 is 11.6 Å². The summed E-state index contributed by atoms with van der Waals surface area (Å²) in [6.45, 7) is 3.43. The van der Waals surface area contributed by atoms with Crippen LogP contribution in [0.5, 0.6) is 5.75 Å². The van der Waals surface area contributed by atoms with Crippen molar-refractivity contribution in [1.82, 2.24) is 9.38 Å². The van der Waals surface area contributed by atoms with Crippen molar-refractivity contribution in [1.29, 1.82) is 0 Å². The summed E-state index contributed by atoms with van der Waals surface area (Å²) in [5.41, 5.74) is 6.42. The zero-order valence-electron chi connectivity index (χ0n) is 16.6. The van der Waals surface area contributed by atoms with E-state index in [1.165, 1.54) is 11.1 Å². The van der Waals surface area contributed by atoms with Crippen LogP contribution in [0.25, 0.3) is 22.5 Å². The van der Waals surface area contributed by atoms with Gasteiger partial charge < -0.3 is 18.6 Å². The van der Waals surface area contributed by atoms with Gasteiger partial charge in [-0.1, -0.05) is 17.7 Å². The fourth-order valence-electron chi connectivity index (χ4n) is 4.23. The van der Waals surface area contributed by atoms with Gasteiger partial charge in [-0.3, -0.25) is 0 Å². The van der Waals surface area contributed by atoms with Crippen LogP contribution in [-0.4, -0.2) is 35.5 Å². The summed E-state index contributed by atoms with van der Waals surface area (Å²) in [5.74, 6) is 0.287. The van der Waals surface area contributed by atoms with Crippen LogP contribution in [-0.2, 0) is 9.47 Å². The highest BCUT2D eigenvalue weighted by molar-refractivity contribution is 6.32. The van der Waals surface area contributed by atoms with E-state index in [1.807, 2.05) is 29.7 Å². The average Bonchev–Trinajstić information content (AvgIpc) is 3.36. The number of pyridine rings is 1. The quantitative estimate of drug-likeness (QED) is 0.589. The third-order valence-electron chi connectivity index (χ3n) is 5.85. The summed E-state index contributed by atoms with van der Waals surface area (Å²) in [6, 6.07) is 8.16. The standard InChI is InChI=1S/C23H23ClN2O3/c1-15-11-21(27-2)19(24)13-18(15)20-14-26-8-5-17(12-22(26)25-20)16-3-6-23(7-4-16)28-9-10-29-23/h3,5,8,11-14H,4,6-7,9-10H2,1-2H3. The Morgan fingerprint density at radius 3 is 2.76 bits per heavy atom. The van der Waals surface area contributed by atoms with Crippen molar-refractivity contribution in [3.63, 3.8) is 0 Å². The van der Waals surface area contributed by atoms with Crippen molar-refractivity contribution in [2.45, 2.75) is 32.0 Å². The normalized spacial score (nSPS) is 18.4. The lowest BCUT2D eigenvalue weighted by atomic mass is 9.90. The lowest BCUT2D eigenvalue weighted by Gasteiger charge is -2.30. The second-order valence-electron chi connectivity index (χ2n) is 7.65. The van der Waals surface area contributed by atoms with E-state index >= 15 is 0 Å². The molecule has 1 aliphatic heterocycles. The molecule has 6 heteroatoms. The monoisotopic (exact) mass is 410 g/mol. The highest BCUT2D eigenvalue weighted by Gasteiger charge is 2.37. The van der Waals surface area contributed by atoms with Gasteiger partial charge >= 0.3 is 0 Å². The van der Waals surface area contributed by atoms with Gasteiger partial charge in [0, 0.05) is 30.8 Å². The molecule has 0 N–H and O–H groups in total. The average molecular weight is 411 g/mol. The summed E-state index contributed by atoms with van der Waals surface area (Å²) >= 11 is 6.34. The minimum atomic E-state index is -0.390. The molecule has 29 heavy (non-hydrogen) atoms. The summed E-state index contributed by atoms with van der Waals surface area (Å²) in [5, 5.41) is 0.587. The number of nitrogens with zero attached hydrogens (tertiary/aromatic N) is 2. The number of imidazole rings is 1. The van der Waals surface area contributed by atoms with Crippen LogP contribution < -0.4 is 4.74 Å². The third kappa shape index (κ3) is 3.33. The van der Waals surface area contributed by atoms with Crippen LogP contribution in [0.2, 0.25) is 5.02 Å². The van der Waals surface area contributed by atoms with Gasteiger partial charge in [-0.25, -0.2) is 4.98 Å². The van der Waals surface area contributed by atoms with E-state index in [0.29, 0.717) is 24.0 Å². The molecule has 1 aromatic carbocycles. The van der Waals surface area contributed by atoms with Crippen molar-refractivity contribution in [3.05, 3.63) is 58.9 Å². The number of hydrogen-bond donors (Lipinski definition) is 0. The van der Waals surface area contributed by atoms with E-state index in [0.717, 1.165) is 41.7 Å². The maximum atomic E-state index is 6.34. The van der Waals surface area contributed by atoms with Crippen LogP contribution in [0.1, 0.15) is 30.4 Å². The van der Waals surface area contributed by atoms with Crippen molar-refractivity contribution < 1.29 is 14.2 Å². The number of fused-ring (bicyclic) bond motifs is 1. The molecule has 0 radical (unpaired) electrons. The topological polar surface area (TPSA) is 45.0 Å². The number of aryl methyl sites for hydroxylation is 1. The van der Waals surface area contributed by atoms with Crippen molar-refractivity contribution in [2.24, 2.45) is 0 Å². The summed E-state index contributed by atoms with van der Waals surface area (Å²) in [4.78, 5) is 4.85. The molecule has 2 aliphatic rings. The number of aromatic nitrogens is 2. The first-order valence-corrected chi connectivity index (χ1v) is 10.3. The molecule has 5 rings (SSSR count). The minimum absolute atomic E-state index is 0.390. The van der Waals surface area contributed by atoms with Gasteiger partial charge in [0.2, 0.25) is 0 Å². The van der Waals surface area contributed by atoms with Gasteiger partial charge in [0.05, 0.1) is 31.0 Å². The zero-order valence-corrected chi connectivity index (χ0v) is 17.3. The van der Waals surface area contributed by atoms with Crippen LogP contribution in [0, 0.1) is 6.92 Å². The summed E-state index contributed by atoms with van der Waals surface area (Å²) in [7, 11) is 1.62. The van der Waals surface area contributed by atoms with Gasteiger partial charge in [0.25, 0.3) is 0 Å². The number of rotatable bonds is 3. The maximum absolute atomic E-state index is 6.34. The summed E-state index contributed by atoms with van der Waals surface area (Å²) < 4.78 is 19.0. The molecule has 150 valence electrons. The molecule has 0 bridgehead atoms. The van der Waals surface area contributed by atoms with E-state index in [2.05, 4.69) is 24.4 Å². The van der Waals surface area contributed by atoms with Gasteiger partial charge in [-0.2, -0.15) is 0 Å². The van der Waals surface area contributed by atoms with E-state index in [9.17, 15) is 0 Å². The molecule has 3 aromatic rings. The number of ether oxygens (including phenoxy) is 3. The second-order valence-corrected chi connectivity index (χ2v) is 8.06. The van der Waals surface area contributed by atoms with Crippen molar-refractivity contribution in [2.75, 3.05) is 20.3 Å². The first-order chi connectivity index (χ1) is 14.1. The lowest BCUT2D eigenvalue weighted by molar-refractivity contribution is -0.159. The first kappa shape index (κ1) is 18.7. The Balaban J connectivity index is 1.47. The Kier molecular flexibility index (Phi) is 4.62. The molecule has 1 spiro atoms. The third-order valence-corrected chi connectivity index (χ3v) is 6.15. The molecule has 0 atom stereocenters. The fourth-order valence-corrected chi connectivity index (χ4v) is 4.47. The van der Waals surface area contributed by atoms with Crippen molar-refractivity contribution in [3.8, 4) is 17.0 Å². The zero-order chi connectivity index (χ0) is 20.0. The Bertz CT molecular complexity index is 1110. The minimum Gasteiger partial charge on any atom is -0.495 e. The van der Waals surface area contributed by atoms with Crippen LogP contribution in [0.3, 0.4) is 0 Å². The molecular formula is C23H23ClN2O3. The predicted octanol–water partition coefficient (Wildman–Crippen LogP) is 5.28. The predicted molar refractivity (Wildman–Crippen MR) is 113 cm³/mol. The molecule has 1 aliphatic carbocycles. The van der Waals surface area contributed by atoms with E-state index < -0.39 is 0 Å². The molecular weight excluding hydrogens is 388 g/mol. The molecule has 1 fully saturated rings. The first-order valence-electron chi connectivity index (χ1n) is 9.87. The highest BCUT2D eigenvalue weighted by atomic mass is 35.5. The molecule has 3 heterocycles. The molecule has 1 saturated heterocycles. The number of methoxy groups -OCH3 is 1. The number of hydrogen-bond acceptors (Lipinski definition) is 4. The maximum Gasteiger partial charge on any atom is 0.172 e. The smallest absolute Gasteiger partial charge is 0.172 e. The number of benzene rings is 1. The molecule has 2 aromatic heterocycles. The molecule has 5 nitrogen and oxygen atoms in total. The molecule has 0 amide bonds. The van der Waals surface area contributed by atoms with Crippen LogP contribution in [0.4, 0.5) is 0 Å². The Hall–Kier alpha value is -2.34.